The van der Waals surface area contributed by atoms with Crippen LogP contribution in [0, 0.1) is 0 Å². The summed E-state index contributed by atoms with van der Waals surface area (Å²) in [6, 6.07) is 15.6. The van der Waals surface area contributed by atoms with Crippen LogP contribution in [0.25, 0.3) is 27.9 Å². The van der Waals surface area contributed by atoms with Crippen LogP contribution in [0.5, 0.6) is 0 Å². The summed E-state index contributed by atoms with van der Waals surface area (Å²) in [6.07, 6.45) is 1.51. The van der Waals surface area contributed by atoms with Gasteiger partial charge in [0.1, 0.15) is 0 Å². The number of fused-ring (bicyclic) bond motifs is 4. The van der Waals surface area contributed by atoms with Gasteiger partial charge in [0.05, 0.1) is 29.0 Å². The lowest BCUT2D eigenvalue weighted by molar-refractivity contribution is -0.137. The fourth-order valence-electron chi connectivity index (χ4n) is 2.88. The van der Waals surface area contributed by atoms with Crippen molar-refractivity contribution in [1.29, 1.82) is 0 Å². The average molecular weight is 302 g/mol. The highest BCUT2D eigenvalue weighted by Crippen LogP contribution is 2.42. The molecule has 23 heavy (non-hydrogen) atoms. The van der Waals surface area contributed by atoms with Crippen LogP contribution in [0.3, 0.4) is 0 Å². The van der Waals surface area contributed by atoms with Crippen LogP contribution in [-0.2, 0) is 9.53 Å². The van der Waals surface area contributed by atoms with E-state index in [4.69, 9.17) is 14.7 Å². The SMILES string of the molecule is CCOC(=O)/C=C1/c2ccccc2-c2nc3ccccc3nc21. The van der Waals surface area contributed by atoms with Crippen LogP contribution in [-0.4, -0.2) is 22.5 Å². The van der Waals surface area contributed by atoms with Gasteiger partial charge in [0, 0.05) is 17.2 Å². The minimum absolute atomic E-state index is 0.348. The van der Waals surface area contributed by atoms with Gasteiger partial charge < -0.3 is 4.74 Å². The van der Waals surface area contributed by atoms with E-state index in [1.807, 2.05) is 48.5 Å². The zero-order chi connectivity index (χ0) is 15.8. The van der Waals surface area contributed by atoms with Crippen molar-refractivity contribution in [3.8, 4) is 11.3 Å². The zero-order valence-electron chi connectivity index (χ0n) is 12.6. The Morgan fingerprint density at radius 2 is 1.57 bits per heavy atom. The summed E-state index contributed by atoms with van der Waals surface area (Å²) in [4.78, 5) is 21.4. The molecule has 0 saturated carbocycles. The Bertz CT molecular complexity index is 960. The molecule has 2 aromatic carbocycles. The number of nitrogens with zero attached hydrogens (tertiary/aromatic N) is 2. The van der Waals surface area contributed by atoms with Gasteiger partial charge in [-0.15, -0.1) is 0 Å². The van der Waals surface area contributed by atoms with E-state index >= 15 is 0 Å². The smallest absolute Gasteiger partial charge is 0.331 e. The number of benzene rings is 2. The van der Waals surface area contributed by atoms with Gasteiger partial charge in [0.2, 0.25) is 0 Å². The zero-order valence-corrected chi connectivity index (χ0v) is 12.6. The van der Waals surface area contributed by atoms with Crippen molar-refractivity contribution in [2.45, 2.75) is 6.92 Å². The third kappa shape index (κ3) is 2.19. The second-order valence-electron chi connectivity index (χ2n) is 5.27. The minimum Gasteiger partial charge on any atom is -0.463 e. The Hall–Kier alpha value is -3.01. The normalized spacial score (nSPS) is 13.9. The molecular formula is C19H14N2O2. The van der Waals surface area contributed by atoms with E-state index in [2.05, 4.69) is 0 Å². The van der Waals surface area contributed by atoms with E-state index in [1.54, 1.807) is 6.92 Å². The number of esters is 1. The Labute approximate surface area is 133 Å². The van der Waals surface area contributed by atoms with E-state index < -0.39 is 0 Å². The van der Waals surface area contributed by atoms with Crippen molar-refractivity contribution in [3.63, 3.8) is 0 Å². The predicted molar refractivity (Wildman–Crippen MR) is 88.7 cm³/mol. The Morgan fingerprint density at radius 1 is 0.957 bits per heavy atom. The van der Waals surface area contributed by atoms with Crippen LogP contribution < -0.4 is 0 Å². The fourth-order valence-corrected chi connectivity index (χ4v) is 2.88. The Morgan fingerprint density at radius 3 is 2.26 bits per heavy atom. The topological polar surface area (TPSA) is 52.1 Å². The minimum atomic E-state index is -0.361. The molecule has 0 fully saturated rings. The molecule has 0 spiro atoms. The first-order chi connectivity index (χ1) is 11.3. The van der Waals surface area contributed by atoms with Crippen LogP contribution in [0.4, 0.5) is 0 Å². The second kappa shape index (κ2) is 5.32. The van der Waals surface area contributed by atoms with E-state index in [1.165, 1.54) is 6.08 Å². The third-order valence-corrected chi connectivity index (χ3v) is 3.85. The molecular weight excluding hydrogens is 288 g/mol. The maximum atomic E-state index is 11.9. The van der Waals surface area contributed by atoms with Crippen LogP contribution in [0.1, 0.15) is 18.2 Å². The van der Waals surface area contributed by atoms with Gasteiger partial charge in [-0.2, -0.15) is 0 Å². The highest BCUT2D eigenvalue weighted by atomic mass is 16.5. The number of aromatic nitrogens is 2. The van der Waals surface area contributed by atoms with Gasteiger partial charge in [0.15, 0.2) is 0 Å². The summed E-state index contributed by atoms with van der Waals surface area (Å²) in [5.41, 5.74) is 5.94. The monoisotopic (exact) mass is 302 g/mol. The molecule has 1 aliphatic rings. The van der Waals surface area contributed by atoms with Crippen LogP contribution in [0.2, 0.25) is 0 Å². The summed E-state index contributed by atoms with van der Waals surface area (Å²) >= 11 is 0. The van der Waals surface area contributed by atoms with Crippen molar-refractivity contribution in [2.24, 2.45) is 0 Å². The first kappa shape index (κ1) is 13.6. The van der Waals surface area contributed by atoms with Gasteiger partial charge in [-0.25, -0.2) is 14.8 Å². The van der Waals surface area contributed by atoms with Crippen molar-refractivity contribution >= 4 is 22.6 Å². The molecule has 1 aliphatic carbocycles. The molecule has 1 heterocycles. The number of carbonyl (C=O) groups is 1. The third-order valence-electron chi connectivity index (χ3n) is 3.85. The first-order valence-electron chi connectivity index (χ1n) is 7.53. The van der Waals surface area contributed by atoms with Gasteiger partial charge in [-0.3, -0.25) is 0 Å². The maximum absolute atomic E-state index is 11.9. The Kier molecular flexibility index (Phi) is 3.15. The summed E-state index contributed by atoms with van der Waals surface area (Å²) in [5.74, 6) is -0.361. The molecule has 3 aromatic rings. The molecule has 0 N–H and O–H groups in total. The quantitative estimate of drug-likeness (QED) is 0.419. The maximum Gasteiger partial charge on any atom is 0.331 e. The predicted octanol–water partition coefficient (Wildman–Crippen LogP) is 3.61. The van der Waals surface area contributed by atoms with Crippen LogP contribution >= 0.6 is 0 Å². The molecule has 0 bridgehead atoms. The number of rotatable bonds is 2. The molecule has 112 valence electrons. The summed E-state index contributed by atoms with van der Waals surface area (Å²) in [7, 11) is 0. The molecule has 4 rings (SSSR count). The molecule has 0 amide bonds. The van der Waals surface area contributed by atoms with Gasteiger partial charge in [0.25, 0.3) is 0 Å². The summed E-state index contributed by atoms with van der Waals surface area (Å²) in [5, 5.41) is 0. The molecule has 0 radical (unpaired) electrons. The van der Waals surface area contributed by atoms with Gasteiger partial charge in [-0.05, 0) is 24.6 Å². The molecule has 1 aromatic heterocycles. The molecule has 0 atom stereocenters. The van der Waals surface area contributed by atoms with E-state index in [0.29, 0.717) is 6.61 Å². The number of ether oxygens (including phenoxy) is 1. The van der Waals surface area contributed by atoms with Crippen molar-refractivity contribution < 1.29 is 9.53 Å². The van der Waals surface area contributed by atoms with Crippen LogP contribution in [0.15, 0.2) is 54.6 Å². The average Bonchev–Trinajstić information content (AvgIpc) is 2.87. The number of carbonyl (C=O) groups excluding carboxylic acids is 1. The lowest BCUT2D eigenvalue weighted by atomic mass is 10.1. The molecule has 0 saturated heterocycles. The second-order valence-corrected chi connectivity index (χ2v) is 5.27. The highest BCUT2D eigenvalue weighted by molar-refractivity contribution is 6.06. The number of hydrogen-bond acceptors (Lipinski definition) is 4. The first-order valence-corrected chi connectivity index (χ1v) is 7.53. The molecule has 4 nitrogen and oxygen atoms in total. The Balaban J connectivity index is 1.99. The molecule has 0 aliphatic heterocycles. The van der Waals surface area contributed by atoms with Crippen molar-refractivity contribution in [2.75, 3.05) is 6.61 Å². The lowest BCUT2D eigenvalue weighted by Gasteiger charge is -2.03. The lowest BCUT2D eigenvalue weighted by Crippen LogP contribution is -2.01. The standard InChI is InChI=1S/C19H14N2O2/c1-2-23-17(22)11-14-12-7-3-4-8-13(12)18-19(14)21-16-10-6-5-9-15(16)20-18/h3-11H,2H2,1H3/b14-11-. The molecule has 0 unspecified atom stereocenters. The molecule has 4 heteroatoms. The van der Waals surface area contributed by atoms with Gasteiger partial charge in [-0.1, -0.05) is 36.4 Å². The van der Waals surface area contributed by atoms with Crippen molar-refractivity contribution in [1.82, 2.24) is 9.97 Å². The number of para-hydroxylation sites is 2. The highest BCUT2D eigenvalue weighted by Gasteiger charge is 2.27. The summed E-state index contributed by atoms with van der Waals surface area (Å²) < 4.78 is 5.06. The van der Waals surface area contributed by atoms with E-state index in [0.717, 1.165) is 39.1 Å². The van der Waals surface area contributed by atoms with E-state index in [9.17, 15) is 4.79 Å². The summed E-state index contributed by atoms with van der Waals surface area (Å²) in [6.45, 7) is 2.14. The number of hydrogen-bond donors (Lipinski definition) is 0. The van der Waals surface area contributed by atoms with Gasteiger partial charge >= 0.3 is 5.97 Å². The fraction of sp³-hybridized carbons (Fsp3) is 0.105. The van der Waals surface area contributed by atoms with Crippen molar-refractivity contribution in [3.05, 3.63) is 65.9 Å². The van der Waals surface area contributed by atoms with E-state index in [-0.39, 0.29) is 5.97 Å². The largest absolute Gasteiger partial charge is 0.463 e.